The van der Waals surface area contributed by atoms with Gasteiger partial charge in [-0.1, -0.05) is 15.9 Å². The molecule has 0 aliphatic rings. The van der Waals surface area contributed by atoms with Crippen LogP contribution < -0.4 is 10.1 Å². The van der Waals surface area contributed by atoms with Crippen molar-refractivity contribution in [1.29, 1.82) is 0 Å². The van der Waals surface area contributed by atoms with Gasteiger partial charge in [-0.05, 0) is 18.2 Å². The van der Waals surface area contributed by atoms with E-state index in [1.165, 1.54) is 24.3 Å². The second-order valence-electron chi connectivity index (χ2n) is 3.74. The van der Waals surface area contributed by atoms with E-state index in [1.807, 2.05) is 0 Å². The number of nitrogens with zero attached hydrogens (tertiary/aromatic N) is 2. The van der Waals surface area contributed by atoms with Gasteiger partial charge < -0.3 is 10.1 Å². The summed E-state index contributed by atoms with van der Waals surface area (Å²) in [6.45, 7) is 0. The number of anilines is 1. The Bertz CT molecular complexity index is 646. The number of rotatable bonds is 4. The summed E-state index contributed by atoms with van der Waals surface area (Å²) in [5, 5.41) is 13.7. The summed E-state index contributed by atoms with van der Waals surface area (Å²) in [7, 11) is 1.62. The number of hydrogen-bond donors (Lipinski definition) is 1. The summed E-state index contributed by atoms with van der Waals surface area (Å²) >= 11 is 3.12. The molecule has 1 aromatic carbocycles. The molecule has 0 radical (unpaired) electrons. The topological polar surface area (TPSA) is 77.3 Å². The Morgan fingerprint density at radius 2 is 2.15 bits per heavy atom. The van der Waals surface area contributed by atoms with Gasteiger partial charge in [-0.15, -0.1) is 0 Å². The van der Waals surface area contributed by atoms with Gasteiger partial charge in [0.25, 0.3) is 0 Å². The van der Waals surface area contributed by atoms with Gasteiger partial charge >= 0.3 is 11.6 Å². The molecule has 1 N–H and O–H groups in total. The van der Waals surface area contributed by atoms with E-state index in [0.29, 0.717) is 10.3 Å². The monoisotopic (exact) mass is 341 g/mol. The van der Waals surface area contributed by atoms with Crippen molar-refractivity contribution < 1.29 is 14.1 Å². The maximum absolute atomic E-state index is 13.3. The van der Waals surface area contributed by atoms with Crippen molar-refractivity contribution in [3.63, 3.8) is 0 Å². The Morgan fingerprint density at radius 3 is 2.75 bits per heavy atom. The molecule has 0 bridgehead atoms. The maximum Gasteiger partial charge on any atom is 0.331 e. The van der Waals surface area contributed by atoms with Gasteiger partial charge in [0.1, 0.15) is 17.4 Å². The van der Waals surface area contributed by atoms with E-state index in [-0.39, 0.29) is 17.3 Å². The zero-order chi connectivity index (χ0) is 14.7. The lowest BCUT2D eigenvalue weighted by molar-refractivity contribution is -0.386. The first-order valence-electron chi connectivity index (χ1n) is 5.46. The average molecular weight is 342 g/mol. The Labute approximate surface area is 121 Å². The smallest absolute Gasteiger partial charge is 0.331 e. The van der Waals surface area contributed by atoms with Crippen molar-refractivity contribution in [1.82, 2.24) is 4.98 Å². The zero-order valence-electron chi connectivity index (χ0n) is 10.3. The molecule has 1 heterocycles. The zero-order valence-corrected chi connectivity index (χ0v) is 11.8. The van der Waals surface area contributed by atoms with Gasteiger partial charge in [0.15, 0.2) is 0 Å². The van der Waals surface area contributed by atoms with Crippen LogP contribution in [0.5, 0.6) is 11.6 Å². The van der Waals surface area contributed by atoms with Crippen LogP contribution in [0.25, 0.3) is 0 Å². The standard InChI is InChI=1S/C12H9BrFN3O3/c1-15-11-3-2-10(17(18)19)12(16-11)20-9-5-7(13)4-8(14)6-9/h2-6H,1H3,(H,15,16). The molecular formula is C12H9BrFN3O3. The summed E-state index contributed by atoms with van der Waals surface area (Å²) < 4.78 is 19.0. The number of halogens is 2. The van der Waals surface area contributed by atoms with E-state index in [0.717, 1.165) is 6.07 Å². The lowest BCUT2D eigenvalue weighted by Gasteiger charge is -2.07. The van der Waals surface area contributed by atoms with Crippen molar-refractivity contribution in [2.24, 2.45) is 0 Å². The third-order valence-corrected chi connectivity index (χ3v) is 2.80. The van der Waals surface area contributed by atoms with Crippen molar-refractivity contribution in [2.45, 2.75) is 0 Å². The first kappa shape index (κ1) is 14.2. The normalized spacial score (nSPS) is 10.2. The first-order valence-corrected chi connectivity index (χ1v) is 6.26. The highest BCUT2D eigenvalue weighted by Gasteiger charge is 2.18. The molecule has 0 aliphatic heterocycles. The molecular weight excluding hydrogens is 333 g/mol. The molecule has 0 saturated carbocycles. The van der Waals surface area contributed by atoms with E-state index in [9.17, 15) is 14.5 Å². The van der Waals surface area contributed by atoms with Crippen LogP contribution in [-0.2, 0) is 0 Å². The molecule has 20 heavy (non-hydrogen) atoms. The van der Waals surface area contributed by atoms with E-state index in [4.69, 9.17) is 4.74 Å². The fraction of sp³-hybridized carbons (Fsp3) is 0.0833. The fourth-order valence-corrected chi connectivity index (χ4v) is 1.93. The highest BCUT2D eigenvalue weighted by Crippen LogP contribution is 2.32. The number of ether oxygens (including phenoxy) is 1. The van der Waals surface area contributed by atoms with Gasteiger partial charge in [0, 0.05) is 23.7 Å². The van der Waals surface area contributed by atoms with Crippen molar-refractivity contribution in [3.8, 4) is 11.6 Å². The molecule has 2 aromatic rings. The van der Waals surface area contributed by atoms with Gasteiger partial charge in [0.05, 0.1) is 4.92 Å². The molecule has 1 aromatic heterocycles. The van der Waals surface area contributed by atoms with Crippen LogP contribution >= 0.6 is 15.9 Å². The highest BCUT2D eigenvalue weighted by molar-refractivity contribution is 9.10. The van der Waals surface area contributed by atoms with E-state index < -0.39 is 10.7 Å². The van der Waals surface area contributed by atoms with Crippen LogP contribution in [0, 0.1) is 15.9 Å². The molecule has 0 unspecified atom stereocenters. The van der Waals surface area contributed by atoms with Crippen LogP contribution in [0.1, 0.15) is 0 Å². The number of benzene rings is 1. The number of aromatic nitrogens is 1. The third-order valence-electron chi connectivity index (χ3n) is 2.34. The van der Waals surface area contributed by atoms with E-state index >= 15 is 0 Å². The molecule has 6 nitrogen and oxygen atoms in total. The molecule has 0 fully saturated rings. The number of pyridine rings is 1. The van der Waals surface area contributed by atoms with Gasteiger partial charge in [-0.25, -0.2) is 4.39 Å². The van der Waals surface area contributed by atoms with Gasteiger partial charge in [-0.2, -0.15) is 4.98 Å². The largest absolute Gasteiger partial charge is 0.433 e. The van der Waals surface area contributed by atoms with Crippen molar-refractivity contribution in [2.75, 3.05) is 12.4 Å². The molecule has 104 valence electrons. The molecule has 0 saturated heterocycles. The lowest BCUT2D eigenvalue weighted by Crippen LogP contribution is -1.99. The molecule has 0 amide bonds. The quantitative estimate of drug-likeness (QED) is 0.677. The fourth-order valence-electron chi connectivity index (χ4n) is 1.49. The van der Waals surface area contributed by atoms with Gasteiger partial charge in [-0.3, -0.25) is 10.1 Å². The minimum Gasteiger partial charge on any atom is -0.433 e. The predicted octanol–water partition coefficient (Wildman–Crippen LogP) is 3.73. The summed E-state index contributed by atoms with van der Waals surface area (Å²) in [5.74, 6) is -0.219. The first-order chi connectivity index (χ1) is 9.49. The van der Waals surface area contributed by atoms with Crippen LogP contribution in [0.3, 0.4) is 0 Å². The second-order valence-corrected chi connectivity index (χ2v) is 4.65. The summed E-state index contributed by atoms with van der Waals surface area (Å²) in [4.78, 5) is 14.3. The van der Waals surface area contributed by atoms with Crippen LogP contribution in [0.4, 0.5) is 15.9 Å². The minimum absolute atomic E-state index is 0.112. The lowest BCUT2D eigenvalue weighted by atomic mass is 10.3. The summed E-state index contributed by atoms with van der Waals surface area (Å²) in [6, 6.07) is 6.57. The van der Waals surface area contributed by atoms with Crippen LogP contribution in [0.15, 0.2) is 34.8 Å². The van der Waals surface area contributed by atoms with E-state index in [2.05, 4.69) is 26.2 Å². The Balaban J connectivity index is 2.42. The SMILES string of the molecule is CNc1ccc([N+](=O)[O-])c(Oc2cc(F)cc(Br)c2)n1. The Kier molecular flexibility index (Phi) is 4.14. The van der Waals surface area contributed by atoms with Crippen molar-refractivity contribution in [3.05, 3.63) is 50.7 Å². The Morgan fingerprint density at radius 1 is 1.40 bits per heavy atom. The maximum atomic E-state index is 13.3. The average Bonchev–Trinajstić information content (AvgIpc) is 2.37. The summed E-state index contributed by atoms with van der Waals surface area (Å²) in [6.07, 6.45) is 0. The van der Waals surface area contributed by atoms with Crippen molar-refractivity contribution >= 4 is 27.4 Å². The van der Waals surface area contributed by atoms with Gasteiger partial charge in [0.2, 0.25) is 0 Å². The number of nitro groups is 1. The third kappa shape index (κ3) is 3.21. The predicted molar refractivity (Wildman–Crippen MR) is 74.6 cm³/mol. The van der Waals surface area contributed by atoms with Crippen LogP contribution in [0.2, 0.25) is 0 Å². The Hall–Kier alpha value is -2.22. The highest BCUT2D eigenvalue weighted by atomic mass is 79.9. The van der Waals surface area contributed by atoms with E-state index in [1.54, 1.807) is 7.05 Å². The molecule has 0 atom stereocenters. The molecule has 0 spiro atoms. The molecule has 2 rings (SSSR count). The number of hydrogen-bond acceptors (Lipinski definition) is 5. The summed E-state index contributed by atoms with van der Waals surface area (Å²) in [5.41, 5.74) is -0.301. The minimum atomic E-state index is -0.615. The van der Waals surface area contributed by atoms with Crippen LogP contribution in [-0.4, -0.2) is 17.0 Å². The second kappa shape index (κ2) is 5.83. The molecule has 8 heteroatoms. The molecule has 0 aliphatic carbocycles. The number of nitrogens with one attached hydrogen (secondary N) is 1.